The van der Waals surface area contributed by atoms with Crippen molar-refractivity contribution >= 4 is 46.7 Å². The van der Waals surface area contributed by atoms with Gasteiger partial charge in [0, 0.05) is 25.1 Å². The fourth-order valence-electron chi connectivity index (χ4n) is 4.46. The Labute approximate surface area is 264 Å². The molecule has 0 fully saturated rings. The maximum atomic E-state index is 11.2. The van der Waals surface area contributed by atoms with Crippen molar-refractivity contribution in [1.29, 1.82) is 0 Å². The van der Waals surface area contributed by atoms with E-state index in [1.54, 1.807) is 12.1 Å². The fraction of sp³-hybridized carbons (Fsp3) is 0.250. The topological polar surface area (TPSA) is 113 Å². The molecule has 0 bridgehead atoms. The Morgan fingerprint density at radius 3 is 2.09 bits per heavy atom. The summed E-state index contributed by atoms with van der Waals surface area (Å²) in [5.41, 5.74) is 3.98. The van der Waals surface area contributed by atoms with Gasteiger partial charge in [0.25, 0.3) is 0 Å². The summed E-state index contributed by atoms with van der Waals surface area (Å²) in [6.07, 6.45) is 2.18. The van der Waals surface area contributed by atoms with Crippen molar-refractivity contribution < 1.29 is 24.5 Å². The Bertz CT molecular complexity index is 1530. The van der Waals surface area contributed by atoms with Crippen LogP contribution in [0, 0.1) is 0 Å². The van der Waals surface area contributed by atoms with Crippen molar-refractivity contribution in [3.05, 3.63) is 110 Å². The lowest BCUT2D eigenvalue weighted by Gasteiger charge is -2.23. The highest BCUT2D eigenvalue weighted by Crippen LogP contribution is 2.30. The lowest BCUT2D eigenvalue weighted by Crippen LogP contribution is -2.27. The number of para-hydroxylation sites is 1. The first kappa shape index (κ1) is 32.2. The van der Waals surface area contributed by atoms with Crippen molar-refractivity contribution in [2.75, 3.05) is 13.1 Å². The van der Waals surface area contributed by atoms with Gasteiger partial charge in [-0.25, -0.2) is 14.8 Å². The molecule has 0 amide bonds. The number of benzene rings is 3. The summed E-state index contributed by atoms with van der Waals surface area (Å²) in [5, 5.41) is 18.5. The fourth-order valence-corrected chi connectivity index (χ4v) is 4.93. The van der Waals surface area contributed by atoms with Crippen LogP contribution in [0.15, 0.2) is 72.8 Å². The van der Waals surface area contributed by atoms with E-state index in [0.717, 1.165) is 53.9 Å². The molecule has 0 unspecified atom stereocenters. The number of hydrogen-bond donors (Lipinski definition) is 2. The van der Waals surface area contributed by atoms with Gasteiger partial charge in [0.05, 0.1) is 5.56 Å². The Morgan fingerprint density at radius 1 is 0.791 bits per heavy atom. The second-order valence-corrected chi connectivity index (χ2v) is 11.0. The lowest BCUT2D eigenvalue weighted by molar-refractivity contribution is -0.137. The number of carbonyl (C=O) groups is 2. The summed E-state index contributed by atoms with van der Waals surface area (Å²) in [5.74, 6) is -0.607. The van der Waals surface area contributed by atoms with Gasteiger partial charge in [-0.3, -0.25) is 9.69 Å². The maximum absolute atomic E-state index is 11.2. The molecule has 11 heteroatoms. The molecule has 0 aliphatic heterocycles. The third kappa shape index (κ3) is 9.66. The average molecular weight is 643 g/mol. The first-order valence-electron chi connectivity index (χ1n) is 13.6. The minimum atomic E-state index is -0.963. The van der Waals surface area contributed by atoms with Crippen LogP contribution in [0.1, 0.15) is 46.3 Å². The van der Waals surface area contributed by atoms with Crippen LogP contribution in [-0.4, -0.2) is 50.1 Å². The van der Waals surface area contributed by atoms with Crippen molar-refractivity contribution in [3.63, 3.8) is 0 Å². The van der Waals surface area contributed by atoms with Crippen molar-refractivity contribution in [2.24, 2.45) is 0 Å². The molecule has 0 saturated heterocycles. The molecule has 0 saturated carbocycles. The standard InChI is InChI=1S/C32H30Cl3N3O5/c33-28-29(34)36-31(37-30(28)35)24-12-10-22(11-13-24)20-43-26-6-2-1-5-23(26)16-18-38(17-4-3-7-27(39)40)19-21-8-14-25(15-9-21)32(41)42/h1-2,5-6,8-15H,3-4,7,16-20H2,(H,39,40)(H,41,42). The largest absolute Gasteiger partial charge is 0.489 e. The smallest absolute Gasteiger partial charge is 0.335 e. The summed E-state index contributed by atoms with van der Waals surface area (Å²) >= 11 is 18.0. The van der Waals surface area contributed by atoms with Crippen molar-refractivity contribution in [3.8, 4) is 17.1 Å². The Kier molecular flexibility index (Phi) is 11.8. The molecule has 224 valence electrons. The third-order valence-electron chi connectivity index (χ3n) is 6.77. The molecule has 0 atom stereocenters. The molecule has 0 aliphatic rings. The predicted molar refractivity (Wildman–Crippen MR) is 167 cm³/mol. The van der Waals surface area contributed by atoms with Gasteiger partial charge in [-0.2, -0.15) is 0 Å². The predicted octanol–water partition coefficient (Wildman–Crippen LogP) is 7.68. The Morgan fingerprint density at radius 2 is 1.44 bits per heavy atom. The molecular formula is C32H30Cl3N3O5. The van der Waals surface area contributed by atoms with E-state index in [1.807, 2.05) is 60.7 Å². The molecule has 4 aromatic rings. The molecular weight excluding hydrogens is 613 g/mol. The molecule has 4 rings (SSSR count). The number of aliphatic carboxylic acids is 1. The van der Waals surface area contributed by atoms with Crippen LogP contribution in [0.3, 0.4) is 0 Å². The molecule has 2 N–H and O–H groups in total. The van der Waals surface area contributed by atoms with Gasteiger partial charge < -0.3 is 14.9 Å². The Balaban J connectivity index is 1.39. The van der Waals surface area contributed by atoms with E-state index in [9.17, 15) is 14.7 Å². The summed E-state index contributed by atoms with van der Waals surface area (Å²) < 4.78 is 6.20. The van der Waals surface area contributed by atoms with Gasteiger partial charge in [0.2, 0.25) is 0 Å². The van der Waals surface area contributed by atoms with Gasteiger partial charge in [-0.1, -0.05) is 89.4 Å². The second-order valence-electron chi connectivity index (χ2n) is 9.92. The number of aromatic nitrogens is 2. The van der Waals surface area contributed by atoms with E-state index >= 15 is 0 Å². The minimum Gasteiger partial charge on any atom is -0.489 e. The molecule has 8 nitrogen and oxygen atoms in total. The van der Waals surface area contributed by atoms with Gasteiger partial charge in [0.1, 0.15) is 17.4 Å². The van der Waals surface area contributed by atoms with Gasteiger partial charge in [-0.15, -0.1) is 0 Å². The minimum absolute atomic E-state index is 0.0932. The van der Waals surface area contributed by atoms with Crippen LogP contribution in [0.2, 0.25) is 15.3 Å². The van der Waals surface area contributed by atoms with Crippen LogP contribution in [0.4, 0.5) is 0 Å². The summed E-state index contributed by atoms with van der Waals surface area (Å²) in [4.78, 5) is 32.8. The second kappa shape index (κ2) is 15.7. The van der Waals surface area contributed by atoms with Crippen LogP contribution in [0.25, 0.3) is 11.4 Å². The SMILES string of the molecule is O=C(O)CCCCN(CCc1ccccc1OCc1ccc(-c2nc(Cl)c(Cl)c(Cl)n2)cc1)Cc1ccc(C(=O)O)cc1. The van der Waals surface area contributed by atoms with Crippen molar-refractivity contribution in [1.82, 2.24) is 14.9 Å². The highest BCUT2D eigenvalue weighted by Gasteiger charge is 2.13. The molecule has 0 aliphatic carbocycles. The monoisotopic (exact) mass is 641 g/mol. The number of aromatic carboxylic acids is 1. The maximum Gasteiger partial charge on any atom is 0.335 e. The van der Waals surface area contributed by atoms with Gasteiger partial charge in [-0.05, 0) is 60.7 Å². The number of ether oxygens (including phenoxy) is 1. The van der Waals surface area contributed by atoms with E-state index in [0.29, 0.717) is 25.4 Å². The number of halogens is 3. The van der Waals surface area contributed by atoms with Crippen LogP contribution in [-0.2, 0) is 24.4 Å². The van der Waals surface area contributed by atoms with Gasteiger partial charge in [0.15, 0.2) is 16.1 Å². The van der Waals surface area contributed by atoms with E-state index in [1.165, 1.54) is 0 Å². The van der Waals surface area contributed by atoms with Crippen LogP contribution < -0.4 is 4.74 Å². The number of nitrogens with zero attached hydrogens (tertiary/aromatic N) is 3. The highest BCUT2D eigenvalue weighted by molar-refractivity contribution is 6.46. The van der Waals surface area contributed by atoms with Crippen molar-refractivity contribution in [2.45, 2.75) is 38.8 Å². The van der Waals surface area contributed by atoms with Crippen LogP contribution >= 0.6 is 34.8 Å². The lowest BCUT2D eigenvalue weighted by atomic mass is 10.1. The van der Waals surface area contributed by atoms with E-state index in [2.05, 4.69) is 14.9 Å². The first-order chi connectivity index (χ1) is 20.7. The van der Waals surface area contributed by atoms with E-state index in [4.69, 9.17) is 44.6 Å². The zero-order valence-electron chi connectivity index (χ0n) is 23.2. The number of carboxylic acid groups (broad SMARTS) is 2. The molecule has 0 radical (unpaired) electrons. The molecule has 3 aromatic carbocycles. The van der Waals surface area contributed by atoms with E-state index in [-0.39, 0.29) is 27.3 Å². The quantitative estimate of drug-likeness (QED) is 0.100. The first-order valence-corrected chi connectivity index (χ1v) is 14.8. The van der Waals surface area contributed by atoms with Gasteiger partial charge >= 0.3 is 11.9 Å². The molecule has 43 heavy (non-hydrogen) atoms. The summed E-state index contributed by atoms with van der Waals surface area (Å²) in [7, 11) is 0. The molecule has 1 aromatic heterocycles. The zero-order chi connectivity index (χ0) is 30.8. The average Bonchev–Trinajstić information content (AvgIpc) is 3.00. The number of rotatable bonds is 15. The third-order valence-corrected chi connectivity index (χ3v) is 7.87. The summed E-state index contributed by atoms with van der Waals surface area (Å²) in [6, 6.07) is 22.3. The normalized spacial score (nSPS) is 11.1. The molecule has 0 spiro atoms. The number of unbranched alkanes of at least 4 members (excludes halogenated alkanes) is 1. The van der Waals surface area contributed by atoms with Crippen LogP contribution in [0.5, 0.6) is 5.75 Å². The number of carboxylic acids is 2. The highest BCUT2D eigenvalue weighted by atomic mass is 35.5. The number of hydrogen-bond acceptors (Lipinski definition) is 6. The van der Waals surface area contributed by atoms with E-state index < -0.39 is 11.9 Å². The molecule has 1 heterocycles. The summed E-state index contributed by atoms with van der Waals surface area (Å²) in [6.45, 7) is 2.41. The Hall–Kier alpha value is -3.69. The zero-order valence-corrected chi connectivity index (χ0v) is 25.4.